The Bertz CT molecular complexity index is 1630. The van der Waals surface area contributed by atoms with Crippen LogP contribution in [0.2, 0.25) is 5.02 Å². The minimum Gasteiger partial charge on any atom is -0.495 e. The fourth-order valence-electron chi connectivity index (χ4n) is 6.33. The van der Waals surface area contributed by atoms with Crippen molar-refractivity contribution >= 4 is 51.6 Å². The highest BCUT2D eigenvalue weighted by Crippen LogP contribution is 2.46. The van der Waals surface area contributed by atoms with Gasteiger partial charge in [-0.25, -0.2) is 14.8 Å². The van der Waals surface area contributed by atoms with Crippen LogP contribution in [0.3, 0.4) is 0 Å². The lowest BCUT2D eigenvalue weighted by atomic mass is 9.93. The number of hydrogen-bond donors (Lipinski definition) is 2. The average Bonchev–Trinajstić information content (AvgIpc) is 3.35. The van der Waals surface area contributed by atoms with E-state index in [0.717, 1.165) is 30.0 Å². The number of amides is 2. The van der Waals surface area contributed by atoms with Gasteiger partial charge in [0.25, 0.3) is 0 Å². The fourth-order valence-corrected chi connectivity index (χ4v) is 7.55. The third kappa shape index (κ3) is 6.67. The van der Waals surface area contributed by atoms with Crippen LogP contribution in [0.15, 0.2) is 23.6 Å². The third-order valence-electron chi connectivity index (χ3n) is 9.38. The number of unbranched alkanes of at least 4 members (excludes halogenated alkanes) is 2. The first-order chi connectivity index (χ1) is 21.9. The number of nitrogens with one attached hydrogen (secondary N) is 1. The smallest absolute Gasteiger partial charge is 0.329 e. The molecule has 2 aliphatic carbocycles. The molecule has 2 saturated carbocycles. The molecule has 2 heterocycles. The number of carbonyl (C=O) groups is 3. The molecule has 2 aliphatic rings. The minimum atomic E-state index is -1.29. The number of carbonyl (C=O) groups excluding carboxylic acids is 2. The van der Waals surface area contributed by atoms with Gasteiger partial charge in [-0.05, 0) is 49.7 Å². The van der Waals surface area contributed by atoms with Gasteiger partial charge in [0.15, 0.2) is 0 Å². The van der Waals surface area contributed by atoms with Crippen LogP contribution < -0.4 is 14.8 Å². The SMILES string of the molecule is CCCCCN(C)C(=O)[C@@H]1C[C@H](Oc2cc(-c3nc(C(C)C)cs3)nc3c(Cl)c(OC)ccc23)C[C@H]1C(=O)N[C@]1(C(=O)O)C[C@H]1C. The van der Waals surface area contributed by atoms with Gasteiger partial charge in [0.2, 0.25) is 11.8 Å². The lowest BCUT2D eigenvalue weighted by Crippen LogP contribution is -2.49. The molecule has 1 aromatic carbocycles. The summed E-state index contributed by atoms with van der Waals surface area (Å²) < 4.78 is 12.1. The molecule has 5 atom stereocenters. The Morgan fingerprint density at radius 2 is 1.89 bits per heavy atom. The van der Waals surface area contributed by atoms with Crippen molar-refractivity contribution in [2.45, 2.75) is 83.8 Å². The van der Waals surface area contributed by atoms with Crippen molar-refractivity contribution < 1.29 is 29.0 Å². The summed E-state index contributed by atoms with van der Waals surface area (Å²) in [7, 11) is 3.31. The molecular formula is C34H43ClN4O6S. The molecular weight excluding hydrogens is 628 g/mol. The number of pyridine rings is 1. The molecule has 0 spiro atoms. The van der Waals surface area contributed by atoms with E-state index in [9.17, 15) is 19.5 Å². The topological polar surface area (TPSA) is 131 Å². The van der Waals surface area contributed by atoms with Gasteiger partial charge < -0.3 is 24.8 Å². The average molecular weight is 671 g/mol. The predicted molar refractivity (Wildman–Crippen MR) is 179 cm³/mol. The number of fused-ring (bicyclic) bond motifs is 1. The molecule has 2 fully saturated rings. The maximum Gasteiger partial charge on any atom is 0.329 e. The molecule has 2 aromatic heterocycles. The quantitative estimate of drug-likeness (QED) is 0.196. The summed E-state index contributed by atoms with van der Waals surface area (Å²) in [4.78, 5) is 50.9. The van der Waals surface area contributed by atoms with Crippen LogP contribution >= 0.6 is 22.9 Å². The van der Waals surface area contributed by atoms with Crippen molar-refractivity contribution in [2.24, 2.45) is 17.8 Å². The molecule has 248 valence electrons. The molecule has 2 N–H and O–H groups in total. The van der Waals surface area contributed by atoms with Crippen LogP contribution in [0.5, 0.6) is 11.5 Å². The molecule has 0 aliphatic heterocycles. The molecule has 3 aromatic rings. The minimum absolute atomic E-state index is 0.132. The van der Waals surface area contributed by atoms with E-state index >= 15 is 0 Å². The van der Waals surface area contributed by atoms with Crippen molar-refractivity contribution in [1.82, 2.24) is 20.2 Å². The Hall–Kier alpha value is -3.44. The Kier molecular flexibility index (Phi) is 10.1. The van der Waals surface area contributed by atoms with Crippen LogP contribution in [-0.4, -0.2) is 70.1 Å². The van der Waals surface area contributed by atoms with Crippen LogP contribution in [0, 0.1) is 17.8 Å². The van der Waals surface area contributed by atoms with Gasteiger partial charge in [-0.1, -0.05) is 52.1 Å². The molecule has 0 unspecified atom stereocenters. The molecule has 0 radical (unpaired) electrons. The zero-order valence-corrected chi connectivity index (χ0v) is 28.8. The summed E-state index contributed by atoms with van der Waals surface area (Å²) in [5, 5.41) is 16.4. The van der Waals surface area contributed by atoms with E-state index < -0.39 is 35.4 Å². The maximum absolute atomic E-state index is 13.8. The third-order valence-corrected chi connectivity index (χ3v) is 10.6. The van der Waals surface area contributed by atoms with E-state index in [1.54, 1.807) is 32.0 Å². The highest BCUT2D eigenvalue weighted by molar-refractivity contribution is 7.13. The summed E-state index contributed by atoms with van der Waals surface area (Å²) in [6.07, 6.45) is 3.33. The van der Waals surface area contributed by atoms with Gasteiger partial charge >= 0.3 is 5.97 Å². The van der Waals surface area contributed by atoms with Gasteiger partial charge in [0, 0.05) is 30.4 Å². The van der Waals surface area contributed by atoms with E-state index in [-0.39, 0.29) is 24.2 Å². The molecule has 0 saturated heterocycles. The molecule has 5 rings (SSSR count). The monoisotopic (exact) mass is 670 g/mol. The maximum atomic E-state index is 13.8. The first kappa shape index (κ1) is 33.9. The summed E-state index contributed by atoms with van der Waals surface area (Å²) >= 11 is 8.24. The van der Waals surface area contributed by atoms with E-state index in [1.165, 1.54) is 11.3 Å². The second kappa shape index (κ2) is 13.7. The number of rotatable bonds is 13. The van der Waals surface area contributed by atoms with Crippen LogP contribution in [0.4, 0.5) is 0 Å². The predicted octanol–water partition coefficient (Wildman–Crippen LogP) is 6.55. The Morgan fingerprint density at radius 3 is 2.50 bits per heavy atom. The summed E-state index contributed by atoms with van der Waals surface area (Å²) in [6, 6.07) is 5.42. The highest BCUT2D eigenvalue weighted by Gasteiger charge is 2.60. The number of halogens is 1. The zero-order valence-electron chi connectivity index (χ0n) is 27.3. The highest BCUT2D eigenvalue weighted by atomic mass is 35.5. The number of aromatic nitrogens is 2. The second-order valence-electron chi connectivity index (χ2n) is 13.0. The Balaban J connectivity index is 1.48. The lowest BCUT2D eigenvalue weighted by Gasteiger charge is -2.25. The first-order valence-corrected chi connectivity index (χ1v) is 17.3. The number of thiazole rings is 1. The Labute approximate surface area is 278 Å². The lowest BCUT2D eigenvalue weighted by molar-refractivity contribution is -0.145. The molecule has 12 heteroatoms. The van der Waals surface area contributed by atoms with Crippen LogP contribution in [-0.2, 0) is 14.4 Å². The van der Waals surface area contributed by atoms with Crippen molar-refractivity contribution in [3.63, 3.8) is 0 Å². The largest absolute Gasteiger partial charge is 0.495 e. The molecule has 46 heavy (non-hydrogen) atoms. The first-order valence-electron chi connectivity index (χ1n) is 16.0. The number of hydrogen-bond acceptors (Lipinski definition) is 8. The van der Waals surface area contributed by atoms with Crippen LogP contribution in [0.25, 0.3) is 21.6 Å². The van der Waals surface area contributed by atoms with Gasteiger partial charge in [-0.2, -0.15) is 0 Å². The van der Waals surface area contributed by atoms with E-state index in [0.29, 0.717) is 52.5 Å². The number of nitrogens with zero attached hydrogens (tertiary/aromatic N) is 3. The zero-order chi connectivity index (χ0) is 33.3. The number of methoxy groups -OCH3 is 1. The summed E-state index contributed by atoms with van der Waals surface area (Å²) in [6.45, 7) is 8.66. The van der Waals surface area contributed by atoms with E-state index in [2.05, 4.69) is 26.1 Å². The number of benzene rings is 1. The molecule has 2 amide bonds. The van der Waals surface area contributed by atoms with Crippen molar-refractivity contribution in [1.29, 1.82) is 0 Å². The molecule has 10 nitrogen and oxygen atoms in total. The summed E-state index contributed by atoms with van der Waals surface area (Å²) in [5.74, 6) is -1.94. The van der Waals surface area contributed by atoms with Crippen molar-refractivity contribution in [3.8, 4) is 22.2 Å². The van der Waals surface area contributed by atoms with Crippen molar-refractivity contribution in [2.75, 3.05) is 20.7 Å². The number of ether oxygens (including phenoxy) is 2. The van der Waals surface area contributed by atoms with Gasteiger partial charge in [-0.15, -0.1) is 11.3 Å². The van der Waals surface area contributed by atoms with E-state index in [4.69, 9.17) is 31.0 Å². The van der Waals surface area contributed by atoms with Gasteiger partial charge in [0.1, 0.15) is 38.9 Å². The summed E-state index contributed by atoms with van der Waals surface area (Å²) in [5.41, 5.74) is 0.762. The normalized spacial score (nSPS) is 23.8. The number of carboxylic acids is 1. The van der Waals surface area contributed by atoms with Gasteiger partial charge in [0.05, 0.1) is 30.2 Å². The molecule has 0 bridgehead atoms. The standard InChI is InChI=1S/C34H43ClN4O6S/c1-7-8-9-12-39(5)32(41)23-14-20(13-22(23)30(40)38-34(33(42)43)16-19(34)4)45-27-15-24(31-37-25(17-46-31)18(2)3)36-29-21(27)10-11-26(44-6)28(29)35/h10-11,15,17-20,22-23H,7-9,12-14,16H2,1-6H3,(H,38,40)(H,42,43)/t19-,20-,22-,23-,34-/m1/s1. The van der Waals surface area contributed by atoms with Gasteiger partial charge in [-0.3, -0.25) is 9.59 Å². The number of aliphatic carboxylic acids is 1. The number of carboxylic acid groups (broad SMARTS) is 1. The fraction of sp³-hybridized carbons (Fsp3) is 0.559. The van der Waals surface area contributed by atoms with Crippen LogP contribution in [0.1, 0.15) is 77.8 Å². The van der Waals surface area contributed by atoms with Crippen molar-refractivity contribution in [3.05, 3.63) is 34.3 Å². The Morgan fingerprint density at radius 1 is 1.17 bits per heavy atom. The second-order valence-corrected chi connectivity index (χ2v) is 14.2. The van der Waals surface area contributed by atoms with E-state index in [1.807, 2.05) is 17.5 Å².